The minimum absolute atomic E-state index is 0.0858. The SMILES string of the molecule is CCOC(=O)c1ccccc1NC(=O)C1CCN(c2ccc(-c3ccc(OC)cc3)nn2)CC1. The smallest absolute Gasteiger partial charge is 0.340 e. The van der Waals surface area contributed by atoms with Crippen LogP contribution in [0.5, 0.6) is 5.75 Å². The number of hydrogen-bond acceptors (Lipinski definition) is 7. The number of esters is 1. The first-order valence-electron chi connectivity index (χ1n) is 11.4. The highest BCUT2D eigenvalue weighted by atomic mass is 16.5. The Kier molecular flexibility index (Phi) is 7.37. The van der Waals surface area contributed by atoms with Crippen molar-refractivity contribution >= 4 is 23.4 Å². The number of amides is 1. The Morgan fingerprint density at radius 3 is 2.38 bits per heavy atom. The molecule has 0 bridgehead atoms. The van der Waals surface area contributed by atoms with Gasteiger partial charge in [0, 0.05) is 24.6 Å². The number of hydrogen-bond donors (Lipinski definition) is 1. The fourth-order valence-corrected chi connectivity index (χ4v) is 3.99. The molecule has 1 N–H and O–H groups in total. The molecular weight excluding hydrogens is 432 g/mol. The molecule has 0 saturated carbocycles. The van der Waals surface area contributed by atoms with Crippen LogP contribution in [0.3, 0.4) is 0 Å². The predicted octanol–water partition coefficient (Wildman–Crippen LogP) is 4.18. The normalized spacial score (nSPS) is 13.9. The van der Waals surface area contributed by atoms with Gasteiger partial charge in [0.1, 0.15) is 5.75 Å². The minimum atomic E-state index is -0.440. The third kappa shape index (κ3) is 5.33. The second-order valence-corrected chi connectivity index (χ2v) is 8.02. The van der Waals surface area contributed by atoms with Crippen LogP contribution in [0.25, 0.3) is 11.3 Å². The van der Waals surface area contributed by atoms with Crippen LogP contribution >= 0.6 is 0 Å². The highest BCUT2D eigenvalue weighted by Crippen LogP contribution is 2.26. The first-order valence-corrected chi connectivity index (χ1v) is 11.4. The number of nitrogens with one attached hydrogen (secondary N) is 1. The first kappa shape index (κ1) is 23.2. The molecule has 1 amide bonds. The van der Waals surface area contributed by atoms with E-state index in [1.807, 2.05) is 36.4 Å². The molecule has 2 heterocycles. The number of carbonyl (C=O) groups excluding carboxylic acids is 2. The lowest BCUT2D eigenvalue weighted by Crippen LogP contribution is -2.38. The monoisotopic (exact) mass is 460 g/mol. The number of benzene rings is 2. The van der Waals surface area contributed by atoms with Crippen LogP contribution in [0.1, 0.15) is 30.1 Å². The zero-order chi connectivity index (χ0) is 23.9. The van der Waals surface area contributed by atoms with Crippen molar-refractivity contribution in [2.24, 2.45) is 5.92 Å². The molecule has 0 spiro atoms. The zero-order valence-corrected chi connectivity index (χ0v) is 19.4. The van der Waals surface area contributed by atoms with Crippen molar-refractivity contribution in [3.05, 3.63) is 66.2 Å². The molecule has 8 heteroatoms. The Morgan fingerprint density at radius 2 is 1.74 bits per heavy atom. The number of aromatic nitrogens is 2. The molecule has 0 unspecified atom stereocenters. The molecule has 1 fully saturated rings. The second-order valence-electron chi connectivity index (χ2n) is 8.02. The summed E-state index contributed by atoms with van der Waals surface area (Å²) >= 11 is 0. The molecule has 34 heavy (non-hydrogen) atoms. The molecule has 8 nitrogen and oxygen atoms in total. The van der Waals surface area contributed by atoms with Gasteiger partial charge in [0.15, 0.2) is 5.82 Å². The maximum atomic E-state index is 12.9. The molecule has 0 radical (unpaired) electrons. The maximum Gasteiger partial charge on any atom is 0.340 e. The summed E-state index contributed by atoms with van der Waals surface area (Å²) in [4.78, 5) is 27.2. The van der Waals surface area contributed by atoms with Gasteiger partial charge in [0.05, 0.1) is 30.7 Å². The van der Waals surface area contributed by atoms with E-state index in [1.165, 1.54) is 0 Å². The summed E-state index contributed by atoms with van der Waals surface area (Å²) in [6, 6.07) is 18.5. The first-order chi connectivity index (χ1) is 16.6. The number of nitrogens with zero attached hydrogens (tertiary/aromatic N) is 3. The highest BCUT2D eigenvalue weighted by Gasteiger charge is 2.27. The number of methoxy groups -OCH3 is 1. The van der Waals surface area contributed by atoms with Gasteiger partial charge in [-0.2, -0.15) is 0 Å². The Labute approximate surface area is 198 Å². The second kappa shape index (κ2) is 10.8. The summed E-state index contributed by atoms with van der Waals surface area (Å²) in [7, 11) is 1.64. The van der Waals surface area contributed by atoms with E-state index in [4.69, 9.17) is 9.47 Å². The third-order valence-corrected chi connectivity index (χ3v) is 5.91. The summed E-state index contributed by atoms with van der Waals surface area (Å²) in [5.41, 5.74) is 2.61. The summed E-state index contributed by atoms with van der Waals surface area (Å²) < 4.78 is 10.3. The summed E-state index contributed by atoms with van der Waals surface area (Å²) in [5, 5.41) is 11.7. The number of carbonyl (C=O) groups is 2. The van der Waals surface area contributed by atoms with Crippen molar-refractivity contribution in [1.29, 1.82) is 0 Å². The third-order valence-electron chi connectivity index (χ3n) is 5.91. The Balaban J connectivity index is 1.34. The number of anilines is 2. The van der Waals surface area contributed by atoms with Gasteiger partial charge < -0.3 is 19.7 Å². The van der Waals surface area contributed by atoms with E-state index < -0.39 is 5.97 Å². The van der Waals surface area contributed by atoms with Gasteiger partial charge in [-0.05, 0) is 68.3 Å². The zero-order valence-electron chi connectivity index (χ0n) is 19.4. The van der Waals surface area contributed by atoms with E-state index >= 15 is 0 Å². The Hall–Kier alpha value is -3.94. The van der Waals surface area contributed by atoms with Crippen LogP contribution in [-0.4, -0.2) is 48.9 Å². The van der Waals surface area contributed by atoms with E-state index in [-0.39, 0.29) is 18.4 Å². The van der Waals surface area contributed by atoms with Crippen molar-refractivity contribution in [1.82, 2.24) is 10.2 Å². The lowest BCUT2D eigenvalue weighted by molar-refractivity contribution is -0.120. The van der Waals surface area contributed by atoms with Crippen molar-refractivity contribution in [3.8, 4) is 17.0 Å². The van der Waals surface area contributed by atoms with Gasteiger partial charge >= 0.3 is 5.97 Å². The van der Waals surface area contributed by atoms with Crippen molar-refractivity contribution in [2.75, 3.05) is 37.0 Å². The molecule has 0 atom stereocenters. The number of piperidine rings is 1. The van der Waals surface area contributed by atoms with Gasteiger partial charge in [0.2, 0.25) is 5.91 Å². The quantitative estimate of drug-likeness (QED) is 0.529. The van der Waals surface area contributed by atoms with Gasteiger partial charge in [-0.1, -0.05) is 12.1 Å². The molecule has 1 aliphatic rings. The summed E-state index contributed by atoms with van der Waals surface area (Å²) in [5.74, 6) is 0.925. The van der Waals surface area contributed by atoms with Crippen molar-refractivity contribution in [2.45, 2.75) is 19.8 Å². The van der Waals surface area contributed by atoms with Gasteiger partial charge in [-0.25, -0.2) is 4.79 Å². The lowest BCUT2D eigenvalue weighted by Gasteiger charge is -2.32. The molecular formula is C26H28N4O4. The molecule has 1 aromatic heterocycles. The van der Waals surface area contributed by atoms with Crippen LogP contribution in [-0.2, 0) is 9.53 Å². The molecule has 2 aromatic carbocycles. The molecule has 1 aliphatic heterocycles. The average molecular weight is 461 g/mol. The van der Waals surface area contributed by atoms with E-state index in [2.05, 4.69) is 20.4 Å². The van der Waals surface area contributed by atoms with E-state index in [9.17, 15) is 9.59 Å². The van der Waals surface area contributed by atoms with Crippen LogP contribution in [0, 0.1) is 5.92 Å². The molecule has 176 valence electrons. The fourth-order valence-electron chi connectivity index (χ4n) is 3.99. The number of para-hydroxylation sites is 1. The van der Waals surface area contributed by atoms with Crippen LogP contribution in [0.2, 0.25) is 0 Å². The van der Waals surface area contributed by atoms with E-state index in [0.29, 0.717) is 37.2 Å². The van der Waals surface area contributed by atoms with Crippen molar-refractivity contribution < 1.29 is 19.1 Å². The summed E-state index contributed by atoms with van der Waals surface area (Å²) in [6.45, 7) is 3.44. The van der Waals surface area contributed by atoms with Gasteiger partial charge in [-0.15, -0.1) is 10.2 Å². The average Bonchev–Trinajstić information content (AvgIpc) is 2.89. The van der Waals surface area contributed by atoms with E-state index in [0.717, 1.165) is 22.8 Å². The summed E-state index contributed by atoms with van der Waals surface area (Å²) in [6.07, 6.45) is 1.38. The fraction of sp³-hybridized carbons (Fsp3) is 0.308. The van der Waals surface area contributed by atoms with Gasteiger partial charge in [0.25, 0.3) is 0 Å². The molecule has 0 aliphatic carbocycles. The number of ether oxygens (including phenoxy) is 2. The number of rotatable bonds is 7. The van der Waals surface area contributed by atoms with Crippen LogP contribution in [0.15, 0.2) is 60.7 Å². The standard InChI is InChI=1S/C26H28N4O4/c1-3-34-26(32)21-6-4-5-7-23(21)27-25(31)19-14-16-30(17-15-19)24-13-12-22(28-29-24)18-8-10-20(33-2)11-9-18/h4-13,19H,3,14-17H2,1-2H3,(H,27,31). The van der Waals surface area contributed by atoms with Crippen LogP contribution in [0.4, 0.5) is 11.5 Å². The highest BCUT2D eigenvalue weighted by molar-refractivity contribution is 6.01. The molecule has 3 aromatic rings. The predicted molar refractivity (Wildman–Crippen MR) is 130 cm³/mol. The topological polar surface area (TPSA) is 93.7 Å². The van der Waals surface area contributed by atoms with E-state index in [1.54, 1.807) is 38.3 Å². The van der Waals surface area contributed by atoms with Gasteiger partial charge in [-0.3, -0.25) is 4.79 Å². The molecule has 1 saturated heterocycles. The van der Waals surface area contributed by atoms with Crippen LogP contribution < -0.4 is 15.0 Å². The Morgan fingerprint density at radius 1 is 1.00 bits per heavy atom. The van der Waals surface area contributed by atoms with Crippen molar-refractivity contribution in [3.63, 3.8) is 0 Å². The lowest BCUT2D eigenvalue weighted by atomic mass is 9.95. The minimum Gasteiger partial charge on any atom is -0.497 e. The Bertz CT molecular complexity index is 1120. The molecule has 4 rings (SSSR count). The maximum absolute atomic E-state index is 12.9. The largest absolute Gasteiger partial charge is 0.497 e.